The minimum absolute atomic E-state index is 0.411. The van der Waals surface area contributed by atoms with Crippen LogP contribution in [0.15, 0.2) is 24.3 Å². The maximum atomic E-state index is 11.9. The van der Waals surface area contributed by atoms with Gasteiger partial charge in [0.05, 0.1) is 0 Å². The third-order valence-corrected chi connectivity index (χ3v) is 0.804. The first-order chi connectivity index (χ1) is 5.20. The Morgan fingerprint density at radius 2 is 1.27 bits per heavy atom. The van der Waals surface area contributed by atoms with E-state index in [2.05, 4.69) is 0 Å². The zero-order chi connectivity index (χ0) is 8.69. The molecule has 0 aromatic heterocycles. The maximum Gasteiger partial charge on any atom is 0.123 e. The molecule has 0 heterocycles. The number of halogens is 2. The first kappa shape index (κ1) is 10.0. The predicted octanol–water partition coefficient (Wildman–Crippen LogP) is 1.93. The maximum absolute atomic E-state index is 11.9. The van der Waals surface area contributed by atoms with Gasteiger partial charge in [-0.05, 0) is 30.8 Å². The van der Waals surface area contributed by atoms with Crippen LogP contribution in [-0.2, 0) is 0 Å². The minimum Gasteiger partial charge on any atom is -0.331 e. The highest BCUT2D eigenvalue weighted by Crippen LogP contribution is 1.98. The van der Waals surface area contributed by atoms with Crippen molar-refractivity contribution in [2.45, 2.75) is 6.92 Å². The average molecular weight is 159 g/mol. The first-order valence-electron chi connectivity index (χ1n) is 3.31. The summed E-state index contributed by atoms with van der Waals surface area (Å²) in [6.07, 6.45) is 0. The van der Waals surface area contributed by atoms with Crippen molar-refractivity contribution < 1.29 is 8.78 Å². The first-order valence-corrected chi connectivity index (χ1v) is 3.31. The third-order valence-electron chi connectivity index (χ3n) is 0.804. The Morgan fingerprint density at radius 1 is 1.09 bits per heavy atom. The van der Waals surface area contributed by atoms with E-state index in [1.54, 1.807) is 0 Å². The molecule has 0 amide bonds. The van der Waals surface area contributed by atoms with Gasteiger partial charge in [-0.3, -0.25) is 0 Å². The smallest absolute Gasteiger partial charge is 0.123 e. The quantitative estimate of drug-likeness (QED) is 0.615. The summed E-state index contributed by atoms with van der Waals surface area (Å²) in [5, 5.41) is 0. The second-order valence-corrected chi connectivity index (χ2v) is 1.84. The molecule has 0 saturated carbocycles. The molecule has 0 aliphatic heterocycles. The summed E-state index contributed by atoms with van der Waals surface area (Å²) in [6.45, 7) is 2.65. The molecule has 1 aromatic carbocycles. The Balaban J connectivity index is 0.000000292. The largest absolute Gasteiger partial charge is 0.331 e. The van der Waals surface area contributed by atoms with Gasteiger partial charge in [-0.1, -0.05) is 6.92 Å². The SMILES string of the molecule is CCN.Fc1ccc(F)cc1. The van der Waals surface area contributed by atoms with Crippen molar-refractivity contribution >= 4 is 0 Å². The van der Waals surface area contributed by atoms with Crippen LogP contribution in [0.5, 0.6) is 0 Å². The second-order valence-electron chi connectivity index (χ2n) is 1.84. The lowest BCUT2D eigenvalue weighted by Crippen LogP contribution is -1.87. The van der Waals surface area contributed by atoms with Crippen molar-refractivity contribution in [3.63, 3.8) is 0 Å². The van der Waals surface area contributed by atoms with E-state index in [0.717, 1.165) is 30.8 Å². The van der Waals surface area contributed by atoms with E-state index in [1.165, 1.54) is 0 Å². The molecular weight excluding hydrogens is 148 g/mol. The van der Waals surface area contributed by atoms with Crippen LogP contribution in [-0.4, -0.2) is 6.54 Å². The zero-order valence-corrected chi connectivity index (χ0v) is 6.35. The average Bonchev–Trinajstić information content (AvgIpc) is 1.97. The second kappa shape index (κ2) is 5.80. The Kier molecular flexibility index (Phi) is 5.29. The molecule has 0 spiro atoms. The van der Waals surface area contributed by atoms with Crippen molar-refractivity contribution in [2.24, 2.45) is 5.73 Å². The van der Waals surface area contributed by atoms with Crippen molar-refractivity contribution in [1.29, 1.82) is 0 Å². The van der Waals surface area contributed by atoms with E-state index in [4.69, 9.17) is 5.73 Å². The van der Waals surface area contributed by atoms with Gasteiger partial charge in [-0.15, -0.1) is 0 Å². The lowest BCUT2D eigenvalue weighted by molar-refractivity contribution is 0.600. The molecule has 2 N–H and O–H groups in total. The lowest BCUT2D eigenvalue weighted by Gasteiger charge is -1.83. The predicted molar refractivity (Wildman–Crippen MR) is 41.1 cm³/mol. The van der Waals surface area contributed by atoms with Crippen LogP contribution in [0, 0.1) is 11.6 Å². The molecule has 1 nitrogen and oxygen atoms in total. The number of rotatable bonds is 0. The van der Waals surface area contributed by atoms with Crippen molar-refractivity contribution in [2.75, 3.05) is 6.54 Å². The summed E-state index contributed by atoms with van der Waals surface area (Å²) in [7, 11) is 0. The van der Waals surface area contributed by atoms with E-state index < -0.39 is 11.6 Å². The molecule has 3 heteroatoms. The summed E-state index contributed by atoms with van der Waals surface area (Å²) >= 11 is 0. The molecule has 0 aliphatic carbocycles. The van der Waals surface area contributed by atoms with Gasteiger partial charge in [-0.2, -0.15) is 0 Å². The van der Waals surface area contributed by atoms with Crippen molar-refractivity contribution in [1.82, 2.24) is 0 Å². The summed E-state index contributed by atoms with van der Waals surface area (Å²) < 4.78 is 23.8. The van der Waals surface area contributed by atoms with Crippen molar-refractivity contribution in [3.8, 4) is 0 Å². The van der Waals surface area contributed by atoms with Crippen LogP contribution in [0.25, 0.3) is 0 Å². The van der Waals surface area contributed by atoms with E-state index in [-0.39, 0.29) is 0 Å². The van der Waals surface area contributed by atoms with Crippen LogP contribution in [0.3, 0.4) is 0 Å². The molecule has 0 atom stereocenters. The molecule has 11 heavy (non-hydrogen) atoms. The number of nitrogens with two attached hydrogens (primary N) is 1. The van der Waals surface area contributed by atoms with Crippen LogP contribution in [0.4, 0.5) is 8.78 Å². The molecule has 1 aromatic rings. The molecule has 1 rings (SSSR count). The molecule has 0 unspecified atom stereocenters. The molecule has 0 aliphatic rings. The van der Waals surface area contributed by atoms with E-state index >= 15 is 0 Å². The molecule has 62 valence electrons. The van der Waals surface area contributed by atoms with E-state index in [9.17, 15) is 8.78 Å². The van der Waals surface area contributed by atoms with E-state index in [1.807, 2.05) is 6.92 Å². The van der Waals surface area contributed by atoms with Gasteiger partial charge in [-0.25, -0.2) is 8.78 Å². The minimum atomic E-state index is -0.411. The van der Waals surface area contributed by atoms with Crippen molar-refractivity contribution in [3.05, 3.63) is 35.9 Å². The highest BCUT2D eigenvalue weighted by molar-refractivity contribution is 5.04. The highest BCUT2D eigenvalue weighted by atomic mass is 19.1. The van der Waals surface area contributed by atoms with Gasteiger partial charge >= 0.3 is 0 Å². The van der Waals surface area contributed by atoms with Gasteiger partial charge in [0, 0.05) is 0 Å². The van der Waals surface area contributed by atoms with Crippen LogP contribution >= 0.6 is 0 Å². The lowest BCUT2D eigenvalue weighted by atomic mass is 10.3. The Hall–Kier alpha value is -0.960. The molecule has 0 fully saturated rings. The topological polar surface area (TPSA) is 26.0 Å². The summed E-state index contributed by atoms with van der Waals surface area (Å²) in [5.74, 6) is -0.821. The van der Waals surface area contributed by atoms with Gasteiger partial charge in [0.2, 0.25) is 0 Å². The Labute approximate surface area is 64.8 Å². The number of benzene rings is 1. The van der Waals surface area contributed by atoms with Gasteiger partial charge in [0.25, 0.3) is 0 Å². The molecule has 0 bridgehead atoms. The zero-order valence-electron chi connectivity index (χ0n) is 6.35. The molecule has 0 radical (unpaired) electrons. The third kappa shape index (κ3) is 5.48. The van der Waals surface area contributed by atoms with Crippen LogP contribution < -0.4 is 5.73 Å². The fourth-order valence-corrected chi connectivity index (χ4v) is 0.430. The molecular formula is C8H11F2N. The monoisotopic (exact) mass is 159 g/mol. The summed E-state index contributed by atoms with van der Waals surface area (Å²) in [6, 6.07) is 4.31. The highest BCUT2D eigenvalue weighted by Gasteiger charge is 1.86. The molecule has 0 saturated heterocycles. The fourth-order valence-electron chi connectivity index (χ4n) is 0.430. The van der Waals surface area contributed by atoms with Gasteiger partial charge in [0.1, 0.15) is 11.6 Å². The van der Waals surface area contributed by atoms with E-state index in [0.29, 0.717) is 0 Å². The Bertz CT molecular complexity index is 163. The Morgan fingerprint density at radius 3 is 1.45 bits per heavy atom. The number of hydrogen-bond donors (Lipinski definition) is 1. The summed E-state index contributed by atoms with van der Waals surface area (Å²) in [4.78, 5) is 0. The fraction of sp³-hybridized carbons (Fsp3) is 0.250. The van der Waals surface area contributed by atoms with Crippen LogP contribution in [0.2, 0.25) is 0 Å². The van der Waals surface area contributed by atoms with Gasteiger partial charge < -0.3 is 5.73 Å². The summed E-state index contributed by atoms with van der Waals surface area (Å²) in [5.41, 5.74) is 4.85. The van der Waals surface area contributed by atoms with Crippen LogP contribution in [0.1, 0.15) is 6.92 Å². The normalized spacial score (nSPS) is 8.36. The standard InChI is InChI=1S/C6H4F2.C2H7N/c7-5-1-2-6(8)4-3-5;1-2-3/h1-4H;2-3H2,1H3. The number of hydrogen-bond acceptors (Lipinski definition) is 1. The van der Waals surface area contributed by atoms with Gasteiger partial charge in [0.15, 0.2) is 0 Å².